The minimum Gasteiger partial charge on any atom is -0.493 e. The number of likely N-dealkylation sites (tertiary alicyclic amines) is 1. The zero-order valence-corrected chi connectivity index (χ0v) is 16.4. The lowest BCUT2D eigenvalue weighted by Gasteiger charge is -2.27. The fourth-order valence-electron chi connectivity index (χ4n) is 3.35. The molecule has 0 bridgehead atoms. The van der Waals surface area contributed by atoms with Crippen LogP contribution < -0.4 is 9.47 Å². The number of alkyl halides is 4. The van der Waals surface area contributed by atoms with E-state index in [-0.39, 0.29) is 30.9 Å². The number of carbonyl (C=O) groups is 1. The van der Waals surface area contributed by atoms with Crippen molar-refractivity contribution in [3.8, 4) is 11.5 Å². The summed E-state index contributed by atoms with van der Waals surface area (Å²) in [6.07, 6.45) is -4.80. The molecule has 1 aliphatic rings. The first-order valence-corrected chi connectivity index (χ1v) is 9.44. The third kappa shape index (κ3) is 4.77. The van der Waals surface area contributed by atoms with E-state index in [1.165, 1.54) is 23.1 Å². The molecule has 2 atom stereocenters. The molecule has 30 heavy (non-hydrogen) atoms. The van der Waals surface area contributed by atoms with Crippen molar-refractivity contribution in [3.05, 3.63) is 59.2 Å². The molecule has 1 aliphatic heterocycles. The highest BCUT2D eigenvalue weighted by molar-refractivity contribution is 6.31. The maximum atomic E-state index is 14.7. The van der Waals surface area contributed by atoms with Gasteiger partial charge in [0.25, 0.3) is 0 Å². The SMILES string of the molecule is CCOc1ccc(F)c(F)c1[C@@H]1C[C@@H](Cl)C(=O)N1Cc1ccc(OC(F)(F)F)cc1. The minimum absolute atomic E-state index is 0.0239. The standard InChI is InChI=1S/C20H17ClF5NO3/c1-2-29-16-8-7-14(22)18(23)17(16)15-9-13(21)19(28)27(15)10-11-3-5-12(6-4-11)30-20(24,25)26/h3-8,13,15H,2,9-10H2,1H3/t13-,15+/m1/s1. The predicted octanol–water partition coefficient (Wildman–Crippen LogP) is 5.34. The molecular weight excluding hydrogens is 433 g/mol. The van der Waals surface area contributed by atoms with Crippen molar-refractivity contribution in [2.45, 2.75) is 37.7 Å². The average molecular weight is 450 g/mol. The maximum Gasteiger partial charge on any atom is 0.573 e. The van der Waals surface area contributed by atoms with Crippen LogP contribution in [0.5, 0.6) is 11.5 Å². The van der Waals surface area contributed by atoms with Gasteiger partial charge in [-0.15, -0.1) is 24.8 Å². The van der Waals surface area contributed by atoms with Gasteiger partial charge in [-0.2, -0.15) is 0 Å². The summed E-state index contributed by atoms with van der Waals surface area (Å²) in [5, 5.41) is -0.958. The van der Waals surface area contributed by atoms with Gasteiger partial charge in [0.2, 0.25) is 5.91 Å². The number of rotatable bonds is 6. The van der Waals surface area contributed by atoms with Gasteiger partial charge in [0, 0.05) is 6.54 Å². The molecule has 2 aromatic carbocycles. The quantitative estimate of drug-likeness (QED) is 0.441. The Morgan fingerprint density at radius 3 is 2.40 bits per heavy atom. The lowest BCUT2D eigenvalue weighted by atomic mass is 10.0. The molecule has 1 amide bonds. The molecule has 0 N–H and O–H groups in total. The minimum atomic E-state index is -4.83. The van der Waals surface area contributed by atoms with E-state index in [0.29, 0.717) is 5.56 Å². The zero-order valence-electron chi connectivity index (χ0n) is 15.7. The second kappa shape index (κ2) is 8.67. The smallest absolute Gasteiger partial charge is 0.493 e. The summed E-state index contributed by atoms with van der Waals surface area (Å²) in [4.78, 5) is 13.8. The molecule has 3 rings (SSSR count). The van der Waals surface area contributed by atoms with Crippen LogP contribution in [0.4, 0.5) is 22.0 Å². The summed E-state index contributed by atoms with van der Waals surface area (Å²) >= 11 is 6.09. The molecule has 2 aromatic rings. The molecule has 0 aliphatic carbocycles. The van der Waals surface area contributed by atoms with Gasteiger partial charge in [0.15, 0.2) is 11.6 Å². The van der Waals surface area contributed by atoms with Crippen LogP contribution in [0, 0.1) is 11.6 Å². The van der Waals surface area contributed by atoms with Crippen molar-refractivity contribution in [2.75, 3.05) is 6.61 Å². The number of carbonyl (C=O) groups excluding carboxylic acids is 1. The van der Waals surface area contributed by atoms with Gasteiger partial charge in [-0.05, 0) is 43.2 Å². The second-order valence-corrected chi connectivity index (χ2v) is 7.11. The maximum absolute atomic E-state index is 14.7. The van der Waals surface area contributed by atoms with Crippen LogP contribution >= 0.6 is 11.6 Å². The third-order valence-corrected chi connectivity index (χ3v) is 4.96. The van der Waals surface area contributed by atoms with Crippen LogP contribution in [0.3, 0.4) is 0 Å². The normalized spacial score (nSPS) is 19.3. The molecule has 0 spiro atoms. The Kier molecular flexibility index (Phi) is 6.40. The van der Waals surface area contributed by atoms with E-state index >= 15 is 0 Å². The number of nitrogens with zero attached hydrogens (tertiary/aromatic N) is 1. The van der Waals surface area contributed by atoms with Crippen molar-refractivity contribution in [1.29, 1.82) is 0 Å². The van der Waals surface area contributed by atoms with Crippen molar-refractivity contribution >= 4 is 17.5 Å². The van der Waals surface area contributed by atoms with E-state index in [1.54, 1.807) is 6.92 Å². The number of ether oxygens (including phenoxy) is 2. The van der Waals surface area contributed by atoms with Crippen LogP contribution in [-0.4, -0.2) is 29.2 Å². The Labute approximate surface area is 174 Å². The van der Waals surface area contributed by atoms with Crippen LogP contribution in [0.2, 0.25) is 0 Å². The molecule has 0 saturated carbocycles. The molecule has 10 heteroatoms. The molecule has 0 radical (unpaired) electrons. The molecule has 4 nitrogen and oxygen atoms in total. The summed E-state index contributed by atoms with van der Waals surface area (Å²) in [5.74, 6) is -3.04. The number of amides is 1. The number of hydrogen-bond donors (Lipinski definition) is 0. The Balaban J connectivity index is 1.90. The molecule has 1 saturated heterocycles. The summed E-state index contributed by atoms with van der Waals surface area (Å²) in [5.41, 5.74) is 0.341. The highest BCUT2D eigenvalue weighted by Gasteiger charge is 2.42. The van der Waals surface area contributed by atoms with Gasteiger partial charge in [-0.1, -0.05) is 12.1 Å². The van der Waals surface area contributed by atoms with Gasteiger partial charge >= 0.3 is 6.36 Å². The third-order valence-electron chi connectivity index (χ3n) is 4.59. The van der Waals surface area contributed by atoms with Crippen molar-refractivity contribution in [1.82, 2.24) is 4.90 Å². The van der Waals surface area contributed by atoms with Crippen molar-refractivity contribution < 1.29 is 36.2 Å². The van der Waals surface area contributed by atoms with Gasteiger partial charge in [0.1, 0.15) is 16.9 Å². The van der Waals surface area contributed by atoms with E-state index in [9.17, 15) is 26.7 Å². The Hall–Kier alpha value is -2.55. The lowest BCUT2D eigenvalue weighted by molar-refractivity contribution is -0.274. The molecule has 0 aromatic heterocycles. The van der Waals surface area contributed by atoms with Crippen molar-refractivity contribution in [2.24, 2.45) is 0 Å². The highest BCUT2D eigenvalue weighted by atomic mass is 35.5. The van der Waals surface area contributed by atoms with E-state index in [1.807, 2.05) is 0 Å². The molecule has 1 fully saturated rings. The van der Waals surface area contributed by atoms with E-state index in [0.717, 1.165) is 18.2 Å². The van der Waals surface area contributed by atoms with Gasteiger partial charge in [-0.3, -0.25) is 4.79 Å². The Morgan fingerprint density at radius 2 is 1.80 bits per heavy atom. The molecule has 162 valence electrons. The molecular formula is C20H17ClF5NO3. The van der Waals surface area contributed by atoms with E-state index in [2.05, 4.69) is 4.74 Å². The Morgan fingerprint density at radius 1 is 1.13 bits per heavy atom. The number of benzene rings is 2. The van der Waals surface area contributed by atoms with Crippen LogP contribution in [0.25, 0.3) is 0 Å². The fourth-order valence-corrected chi connectivity index (χ4v) is 3.65. The number of halogens is 6. The van der Waals surface area contributed by atoms with E-state index in [4.69, 9.17) is 16.3 Å². The summed E-state index contributed by atoms with van der Waals surface area (Å²) in [7, 11) is 0. The summed E-state index contributed by atoms with van der Waals surface area (Å²) in [6, 6.07) is 6.21. The van der Waals surface area contributed by atoms with Gasteiger partial charge in [-0.25, -0.2) is 8.78 Å². The largest absolute Gasteiger partial charge is 0.573 e. The predicted molar refractivity (Wildman–Crippen MR) is 98.2 cm³/mol. The lowest BCUT2D eigenvalue weighted by Crippen LogP contribution is -2.30. The Bertz CT molecular complexity index is 920. The monoisotopic (exact) mass is 449 g/mol. The van der Waals surface area contributed by atoms with Crippen LogP contribution in [0.15, 0.2) is 36.4 Å². The zero-order chi connectivity index (χ0) is 22.1. The van der Waals surface area contributed by atoms with Gasteiger partial charge in [0.05, 0.1) is 18.2 Å². The summed E-state index contributed by atoms with van der Waals surface area (Å²) < 4.78 is 74.7. The molecule has 1 heterocycles. The first-order valence-electron chi connectivity index (χ1n) is 9.00. The van der Waals surface area contributed by atoms with Crippen LogP contribution in [-0.2, 0) is 11.3 Å². The topological polar surface area (TPSA) is 38.8 Å². The average Bonchev–Trinajstić information content (AvgIpc) is 2.93. The van der Waals surface area contributed by atoms with Crippen LogP contribution in [0.1, 0.15) is 30.5 Å². The first-order chi connectivity index (χ1) is 14.1. The summed E-state index contributed by atoms with van der Waals surface area (Å²) in [6.45, 7) is 1.81. The second-order valence-electron chi connectivity index (χ2n) is 6.58. The van der Waals surface area contributed by atoms with Crippen molar-refractivity contribution in [3.63, 3.8) is 0 Å². The first kappa shape index (κ1) is 22.1. The number of hydrogen-bond acceptors (Lipinski definition) is 3. The van der Waals surface area contributed by atoms with E-state index < -0.39 is 41.1 Å². The molecule has 0 unspecified atom stereocenters. The highest BCUT2D eigenvalue weighted by Crippen LogP contribution is 2.42. The van der Waals surface area contributed by atoms with Gasteiger partial charge < -0.3 is 14.4 Å². The fraction of sp³-hybridized carbons (Fsp3) is 0.350.